The summed E-state index contributed by atoms with van der Waals surface area (Å²) in [6, 6.07) is 8.61. The fourth-order valence-corrected chi connectivity index (χ4v) is 6.81. The molecule has 1 saturated carbocycles. The number of alkyl halides is 2. The predicted octanol–water partition coefficient (Wildman–Crippen LogP) is 4.30. The highest BCUT2D eigenvalue weighted by Gasteiger charge is 2.52. The Balaban J connectivity index is 1.28. The minimum atomic E-state index is -0.772. The third-order valence-electron chi connectivity index (χ3n) is 7.66. The molecule has 0 unspecified atom stereocenters. The van der Waals surface area contributed by atoms with Crippen molar-refractivity contribution in [3.8, 4) is 11.5 Å². The van der Waals surface area contributed by atoms with Crippen LogP contribution in [0.15, 0.2) is 36.4 Å². The number of aryl methyl sites for hydroxylation is 1. The Kier molecular flexibility index (Phi) is 7.71. The molecule has 0 aromatic heterocycles. The summed E-state index contributed by atoms with van der Waals surface area (Å²) in [6.45, 7) is 1.75. The van der Waals surface area contributed by atoms with Gasteiger partial charge in [0.25, 0.3) is 5.69 Å². The molecule has 1 aliphatic carbocycles. The van der Waals surface area contributed by atoms with Gasteiger partial charge in [-0.3, -0.25) is 29.3 Å². The van der Waals surface area contributed by atoms with Crippen molar-refractivity contribution >= 4 is 72.6 Å². The molecule has 5 atom stereocenters. The normalized spacial score (nSPS) is 26.2. The predicted molar refractivity (Wildman–Crippen MR) is 151 cm³/mol. The molecule has 5 rings (SSSR count). The maximum atomic E-state index is 13.2. The smallest absolute Gasteiger partial charge is 0.316 e. The summed E-state index contributed by atoms with van der Waals surface area (Å²) in [5.74, 6) is -2.56. The van der Waals surface area contributed by atoms with Gasteiger partial charge in [0, 0.05) is 28.7 Å². The Bertz CT molecular complexity index is 1400. The number of fused-ring (bicyclic) bond motifs is 1. The van der Waals surface area contributed by atoms with Crippen LogP contribution in [0.3, 0.4) is 0 Å². The number of benzene rings is 2. The molecule has 0 N–H and O–H groups in total. The van der Waals surface area contributed by atoms with E-state index < -0.39 is 16.8 Å². The third-order valence-corrected chi connectivity index (χ3v) is 10.4. The summed E-state index contributed by atoms with van der Waals surface area (Å²) in [4.78, 5) is 65.4. The number of nitro groups is 1. The number of methoxy groups -OCH3 is 1. The van der Waals surface area contributed by atoms with Gasteiger partial charge in [0.1, 0.15) is 11.5 Å². The summed E-state index contributed by atoms with van der Waals surface area (Å²) in [6.07, 6.45) is 1.04. The van der Waals surface area contributed by atoms with Crippen molar-refractivity contribution in [3.63, 3.8) is 0 Å². The van der Waals surface area contributed by atoms with Gasteiger partial charge in [-0.15, -0.1) is 0 Å². The quantitative estimate of drug-likeness (QED) is 0.110. The summed E-state index contributed by atoms with van der Waals surface area (Å²) in [5.41, 5.74) is 1.19. The number of amides is 3. The van der Waals surface area contributed by atoms with E-state index in [1.54, 1.807) is 19.1 Å². The molecular formula is C27H25Br2N3O8. The van der Waals surface area contributed by atoms with Gasteiger partial charge >= 0.3 is 5.97 Å². The fraction of sp³-hybridized carbons (Fsp3) is 0.407. The van der Waals surface area contributed by atoms with Gasteiger partial charge in [0.05, 0.1) is 47.2 Å². The monoisotopic (exact) mass is 677 g/mol. The molecule has 0 radical (unpaired) electrons. The summed E-state index contributed by atoms with van der Waals surface area (Å²) >= 11 is 7.18. The number of hydrogen-bond donors (Lipinski definition) is 0. The highest BCUT2D eigenvalue weighted by atomic mass is 79.9. The molecule has 2 heterocycles. The van der Waals surface area contributed by atoms with Crippen LogP contribution in [0.25, 0.3) is 0 Å². The lowest BCUT2D eigenvalue weighted by atomic mass is 9.81. The molecule has 0 spiro atoms. The number of nitro benzene ring substituents is 1. The Hall–Kier alpha value is -3.32. The lowest BCUT2D eigenvalue weighted by Crippen LogP contribution is -2.34. The average molecular weight is 679 g/mol. The van der Waals surface area contributed by atoms with Crippen molar-refractivity contribution in [1.29, 1.82) is 0 Å². The highest BCUT2D eigenvalue weighted by Crippen LogP contribution is 2.45. The Morgan fingerprint density at radius 1 is 1.00 bits per heavy atom. The van der Waals surface area contributed by atoms with Crippen molar-refractivity contribution < 1.29 is 33.6 Å². The van der Waals surface area contributed by atoms with Crippen LogP contribution >= 0.6 is 31.9 Å². The maximum absolute atomic E-state index is 13.2. The van der Waals surface area contributed by atoms with Crippen LogP contribution in [0.5, 0.6) is 11.5 Å². The molecule has 2 aliphatic heterocycles. The molecule has 13 heteroatoms. The minimum absolute atomic E-state index is 0.0194. The largest absolute Gasteiger partial charge is 0.494 e. The van der Waals surface area contributed by atoms with Crippen molar-refractivity contribution in [2.45, 2.75) is 35.8 Å². The molecule has 2 saturated heterocycles. The van der Waals surface area contributed by atoms with E-state index in [1.165, 1.54) is 41.2 Å². The minimum Gasteiger partial charge on any atom is -0.494 e. The maximum Gasteiger partial charge on any atom is 0.316 e. The van der Waals surface area contributed by atoms with Crippen molar-refractivity contribution in [2.75, 3.05) is 23.5 Å². The third kappa shape index (κ3) is 5.00. The zero-order valence-corrected chi connectivity index (χ0v) is 24.7. The van der Waals surface area contributed by atoms with Crippen LogP contribution < -0.4 is 19.3 Å². The summed E-state index contributed by atoms with van der Waals surface area (Å²) in [7, 11) is 1.34. The number of ether oxygens (including phenoxy) is 2. The van der Waals surface area contributed by atoms with E-state index in [-0.39, 0.29) is 69.4 Å². The van der Waals surface area contributed by atoms with Crippen LogP contribution in [0, 0.1) is 34.8 Å². The molecule has 210 valence electrons. The van der Waals surface area contributed by atoms with Gasteiger partial charge in [-0.1, -0.05) is 31.9 Å². The second kappa shape index (κ2) is 10.9. The van der Waals surface area contributed by atoms with E-state index in [0.717, 1.165) is 0 Å². The van der Waals surface area contributed by atoms with Crippen LogP contribution in [0.4, 0.5) is 17.1 Å². The number of hydrogen-bond acceptors (Lipinski definition) is 8. The molecule has 40 heavy (non-hydrogen) atoms. The van der Waals surface area contributed by atoms with Crippen LogP contribution in [-0.4, -0.2) is 51.9 Å². The van der Waals surface area contributed by atoms with Gasteiger partial charge in [-0.05, 0) is 49.6 Å². The number of carbonyl (C=O) groups is 4. The zero-order chi connectivity index (χ0) is 28.9. The van der Waals surface area contributed by atoms with E-state index in [9.17, 15) is 29.3 Å². The van der Waals surface area contributed by atoms with Crippen LogP contribution in [0.2, 0.25) is 0 Å². The molecule has 3 fully saturated rings. The van der Waals surface area contributed by atoms with Crippen LogP contribution in [0.1, 0.15) is 24.8 Å². The van der Waals surface area contributed by atoms with E-state index in [0.29, 0.717) is 29.8 Å². The highest BCUT2D eigenvalue weighted by molar-refractivity contribution is 9.12. The van der Waals surface area contributed by atoms with E-state index in [4.69, 9.17) is 9.47 Å². The molecule has 3 aliphatic rings. The number of carbonyl (C=O) groups excluding carboxylic acids is 4. The second-order valence-electron chi connectivity index (χ2n) is 10.1. The number of imide groups is 1. The van der Waals surface area contributed by atoms with Gasteiger partial charge < -0.3 is 14.4 Å². The first-order chi connectivity index (χ1) is 19.0. The molecular weight excluding hydrogens is 654 g/mol. The first kappa shape index (κ1) is 28.2. The average Bonchev–Trinajstić information content (AvgIpc) is 3.41. The van der Waals surface area contributed by atoms with Crippen molar-refractivity contribution in [3.05, 3.63) is 52.1 Å². The Morgan fingerprint density at radius 3 is 2.20 bits per heavy atom. The zero-order valence-electron chi connectivity index (χ0n) is 21.5. The lowest BCUT2D eigenvalue weighted by molar-refractivity contribution is -0.384. The first-order valence-electron chi connectivity index (χ1n) is 12.6. The number of halogens is 2. The molecule has 2 aromatic rings. The molecule has 0 bridgehead atoms. The van der Waals surface area contributed by atoms with E-state index in [1.807, 2.05) is 0 Å². The summed E-state index contributed by atoms with van der Waals surface area (Å²) in [5, 5.41) is 11.1. The van der Waals surface area contributed by atoms with Crippen molar-refractivity contribution in [1.82, 2.24) is 0 Å². The summed E-state index contributed by atoms with van der Waals surface area (Å²) < 4.78 is 10.8. The number of rotatable bonds is 6. The number of nitrogens with zero attached hydrogens (tertiary/aromatic N) is 3. The molecule has 11 nitrogen and oxygen atoms in total. The van der Waals surface area contributed by atoms with Crippen LogP contribution in [-0.2, 0) is 19.2 Å². The van der Waals surface area contributed by atoms with Gasteiger partial charge in [0.15, 0.2) is 0 Å². The Labute approximate surface area is 246 Å². The Morgan fingerprint density at radius 2 is 1.62 bits per heavy atom. The number of anilines is 2. The molecule has 3 amide bonds. The number of non-ortho nitro benzene ring substituents is 1. The topological polar surface area (TPSA) is 136 Å². The standard InChI is InChI=1S/C27H25Br2N3O8/c1-13-7-16(4-6-21(13)31-25(34)17-10-19(28)20(29)11-18(17)26(31)35)40-27(36)14-8-24(33)30(12-14)22-5-3-15(32(37)38)9-23(22)39-2/h3-7,9,14,17-20H,8,10-12H2,1-2H3/t14-,17-,18-,19-,20+/m1/s1. The SMILES string of the molecule is COc1cc([N+](=O)[O-])ccc1N1C[C@H](C(=O)Oc2ccc(N3C(=O)[C@@H]4C[C@@H](Br)[C@@H](Br)C[C@H]4C3=O)c(C)c2)CC1=O. The van der Waals surface area contributed by atoms with Gasteiger partial charge in [-0.2, -0.15) is 0 Å². The number of esters is 1. The second-order valence-corrected chi connectivity index (χ2v) is 12.5. The van der Waals surface area contributed by atoms with Gasteiger partial charge in [0.2, 0.25) is 17.7 Å². The lowest BCUT2D eigenvalue weighted by Gasteiger charge is -2.29. The first-order valence-corrected chi connectivity index (χ1v) is 14.4. The van der Waals surface area contributed by atoms with Gasteiger partial charge in [-0.25, -0.2) is 4.90 Å². The van der Waals surface area contributed by atoms with E-state index in [2.05, 4.69) is 31.9 Å². The van der Waals surface area contributed by atoms with Crippen molar-refractivity contribution in [2.24, 2.45) is 17.8 Å². The molecule has 2 aromatic carbocycles. The van der Waals surface area contributed by atoms with E-state index >= 15 is 0 Å². The fourth-order valence-electron chi connectivity index (χ4n) is 5.58.